The summed E-state index contributed by atoms with van der Waals surface area (Å²) in [4.78, 5) is 22.9. The van der Waals surface area contributed by atoms with Crippen molar-refractivity contribution in [1.29, 1.82) is 0 Å². The molecule has 2 rings (SSSR count). The summed E-state index contributed by atoms with van der Waals surface area (Å²) in [7, 11) is -6.08. The van der Waals surface area contributed by atoms with Crippen LogP contribution in [0.2, 0.25) is 0 Å². The monoisotopic (exact) mass is 391 g/mol. The van der Waals surface area contributed by atoms with E-state index in [9.17, 15) is 8.42 Å². The van der Waals surface area contributed by atoms with Crippen LogP contribution in [-0.4, -0.2) is 29.0 Å². The minimum atomic E-state index is -4.89. The number of hydrogen-bond acceptors (Lipinski definition) is 4. The lowest BCUT2D eigenvalue weighted by molar-refractivity contribution is -0.671. The molecule has 0 amide bonds. The van der Waals surface area contributed by atoms with E-state index in [0.29, 0.717) is 5.69 Å². The molecule has 1 aromatic heterocycles. The van der Waals surface area contributed by atoms with Gasteiger partial charge in [0.05, 0.1) is 19.8 Å². The maximum Gasteiger partial charge on any atom is 0.262 e. The zero-order valence-electron chi connectivity index (χ0n) is 13.9. The van der Waals surface area contributed by atoms with Crippen molar-refractivity contribution in [2.75, 3.05) is 11.0 Å². The maximum absolute atomic E-state index is 11.1. The van der Waals surface area contributed by atoms with E-state index >= 15 is 0 Å². The van der Waals surface area contributed by atoms with Crippen LogP contribution in [0.5, 0.6) is 0 Å². The number of anilines is 1. The van der Waals surface area contributed by atoms with Gasteiger partial charge in [-0.1, -0.05) is 12.1 Å². The summed E-state index contributed by atoms with van der Waals surface area (Å²) in [5, 5.41) is 0. The Kier molecular flexibility index (Phi) is 7.78. The Labute approximate surface area is 146 Å². The van der Waals surface area contributed by atoms with E-state index in [-0.39, 0.29) is 0 Å². The van der Waals surface area contributed by atoms with Gasteiger partial charge >= 0.3 is 0 Å². The molecule has 1 aromatic carbocycles. The van der Waals surface area contributed by atoms with E-state index in [4.69, 9.17) is 19.2 Å². The molecule has 3 N–H and O–H groups in total. The second-order valence-electron chi connectivity index (χ2n) is 5.48. The first kappa shape index (κ1) is 21.3. The molecule has 140 valence electrons. The number of nitrogens with one attached hydrogen (secondary N) is 1. The highest BCUT2D eigenvalue weighted by Crippen LogP contribution is 2.19. The van der Waals surface area contributed by atoms with Crippen molar-refractivity contribution < 1.29 is 32.2 Å². The number of rotatable bonds is 6. The Morgan fingerprint density at radius 3 is 2.28 bits per heavy atom. The average Bonchev–Trinajstić information content (AvgIpc) is 2.83. The lowest BCUT2D eigenvalue weighted by atomic mass is 10.1. The number of nitrogens with zero attached hydrogens (tertiary/aromatic N) is 2. The van der Waals surface area contributed by atoms with E-state index in [2.05, 4.69) is 21.8 Å². The van der Waals surface area contributed by atoms with Crippen LogP contribution >= 0.6 is 7.82 Å². The molecule has 0 radical (unpaired) electrons. The van der Waals surface area contributed by atoms with Crippen LogP contribution in [0.1, 0.15) is 12.0 Å². The Bertz CT molecular complexity index is 805. The summed E-state index contributed by atoms with van der Waals surface area (Å²) < 4.78 is 37.6. The zero-order chi connectivity index (χ0) is 19.1. The summed E-state index contributed by atoms with van der Waals surface area (Å²) in [5.41, 5.74) is 1.81. The molecular formula is C14H22N3O6PS. The molecule has 2 aromatic rings. The van der Waals surface area contributed by atoms with Crippen molar-refractivity contribution in [2.24, 2.45) is 7.05 Å². The second kappa shape index (κ2) is 9.12. The molecule has 0 unspecified atom stereocenters. The standard InChI is InChI=1S/C14H20N3O2S.H3O4P/c1-16-10-11-17(12-16)9-3-4-13-5-7-14(8-6-13)15-20(2,18)19;1-5(2,3)4/h5-8,10-12,15H,3-4,9H2,1-2H3;(H3,1,2,3,4)/q+1;/p-1. The minimum absolute atomic E-state index is 0.605. The van der Waals surface area contributed by atoms with Crippen LogP contribution in [0.15, 0.2) is 43.0 Å². The molecule has 0 aliphatic carbocycles. The van der Waals surface area contributed by atoms with E-state index < -0.39 is 17.8 Å². The molecule has 0 fully saturated rings. The average molecular weight is 391 g/mol. The van der Waals surface area contributed by atoms with Crippen molar-refractivity contribution in [3.8, 4) is 0 Å². The van der Waals surface area contributed by atoms with Gasteiger partial charge in [-0.3, -0.25) is 9.29 Å². The number of aromatic nitrogens is 2. The van der Waals surface area contributed by atoms with E-state index in [1.54, 1.807) is 12.1 Å². The summed E-state index contributed by atoms with van der Waals surface area (Å²) in [6, 6.07) is 7.52. The van der Waals surface area contributed by atoms with Crippen LogP contribution in [-0.2, 0) is 34.6 Å². The Hall–Kier alpha value is -1.71. The molecule has 0 saturated carbocycles. The third kappa shape index (κ3) is 11.5. The predicted octanol–water partition coefficient (Wildman–Crippen LogP) is -0.244. The second-order valence-corrected chi connectivity index (χ2v) is 8.21. The van der Waals surface area contributed by atoms with Crippen molar-refractivity contribution in [1.82, 2.24) is 4.57 Å². The molecule has 0 aliphatic heterocycles. The van der Waals surface area contributed by atoms with Gasteiger partial charge in [0.1, 0.15) is 12.4 Å². The van der Waals surface area contributed by atoms with Crippen LogP contribution in [0.25, 0.3) is 0 Å². The van der Waals surface area contributed by atoms with Gasteiger partial charge in [0.25, 0.3) is 7.82 Å². The lowest BCUT2D eigenvalue weighted by Crippen LogP contribution is -2.23. The highest BCUT2D eigenvalue weighted by Gasteiger charge is 2.03. The molecular weight excluding hydrogens is 369 g/mol. The normalized spacial score (nSPS) is 11.6. The largest absolute Gasteiger partial charge is 0.756 e. The SMILES string of the molecule is C[n+]1ccn(CCCc2ccc(NS(C)(=O)=O)cc2)c1.O=P([O-])(O)O. The quantitative estimate of drug-likeness (QED) is 0.459. The number of imidazole rings is 1. The topological polar surface area (TPSA) is 136 Å². The van der Waals surface area contributed by atoms with Gasteiger partial charge in [-0.25, -0.2) is 17.6 Å². The van der Waals surface area contributed by atoms with Crippen LogP contribution in [0.3, 0.4) is 0 Å². The van der Waals surface area contributed by atoms with Gasteiger partial charge in [-0.2, -0.15) is 0 Å². The Morgan fingerprint density at radius 1 is 1.28 bits per heavy atom. The number of aryl methyl sites for hydroxylation is 3. The molecule has 0 atom stereocenters. The van der Waals surface area contributed by atoms with Gasteiger partial charge in [0.15, 0.2) is 0 Å². The molecule has 0 aliphatic rings. The molecule has 9 nitrogen and oxygen atoms in total. The molecule has 0 spiro atoms. The van der Waals surface area contributed by atoms with Gasteiger partial charge in [0, 0.05) is 5.69 Å². The fourth-order valence-corrected chi connectivity index (χ4v) is 2.62. The van der Waals surface area contributed by atoms with Gasteiger partial charge < -0.3 is 14.7 Å². The number of phosphoric acid groups is 1. The van der Waals surface area contributed by atoms with Crippen LogP contribution < -0.4 is 14.2 Å². The summed E-state index contributed by atoms with van der Waals surface area (Å²) >= 11 is 0. The third-order valence-electron chi connectivity index (χ3n) is 2.96. The molecule has 25 heavy (non-hydrogen) atoms. The third-order valence-corrected chi connectivity index (χ3v) is 3.57. The zero-order valence-corrected chi connectivity index (χ0v) is 15.7. The first-order valence-corrected chi connectivity index (χ1v) is 10.7. The predicted molar refractivity (Wildman–Crippen MR) is 90.9 cm³/mol. The number of sulfonamides is 1. The number of benzene rings is 1. The molecule has 0 bridgehead atoms. The summed E-state index contributed by atoms with van der Waals surface area (Å²) in [5.74, 6) is 0. The van der Waals surface area contributed by atoms with Gasteiger partial charge in [-0.05, 0) is 30.5 Å². The summed E-state index contributed by atoms with van der Waals surface area (Å²) in [6.07, 6.45) is 9.30. The first-order valence-electron chi connectivity index (χ1n) is 7.27. The van der Waals surface area contributed by atoms with Crippen molar-refractivity contribution in [3.63, 3.8) is 0 Å². The van der Waals surface area contributed by atoms with Gasteiger partial charge in [0.2, 0.25) is 16.4 Å². The van der Waals surface area contributed by atoms with Crippen molar-refractivity contribution in [2.45, 2.75) is 19.4 Å². The van der Waals surface area contributed by atoms with Crippen LogP contribution in [0.4, 0.5) is 5.69 Å². The van der Waals surface area contributed by atoms with E-state index in [1.807, 2.05) is 29.9 Å². The van der Waals surface area contributed by atoms with Crippen LogP contribution in [0, 0.1) is 0 Å². The maximum atomic E-state index is 11.1. The highest BCUT2D eigenvalue weighted by molar-refractivity contribution is 7.92. The van der Waals surface area contributed by atoms with E-state index in [1.165, 1.54) is 5.56 Å². The molecule has 1 heterocycles. The Balaban J connectivity index is 0.000000550. The fourth-order valence-electron chi connectivity index (χ4n) is 2.05. The smallest absolute Gasteiger partial charge is 0.262 e. The lowest BCUT2D eigenvalue weighted by Gasteiger charge is -2.05. The van der Waals surface area contributed by atoms with E-state index in [0.717, 1.165) is 25.6 Å². The summed E-state index contributed by atoms with van der Waals surface area (Å²) in [6.45, 7) is 0.976. The molecule has 0 saturated heterocycles. The minimum Gasteiger partial charge on any atom is -0.756 e. The fraction of sp³-hybridized carbons (Fsp3) is 0.357. The Morgan fingerprint density at radius 2 is 1.84 bits per heavy atom. The van der Waals surface area contributed by atoms with Gasteiger partial charge in [-0.15, -0.1) is 0 Å². The van der Waals surface area contributed by atoms with Crippen molar-refractivity contribution >= 4 is 23.5 Å². The van der Waals surface area contributed by atoms with Crippen molar-refractivity contribution in [3.05, 3.63) is 48.5 Å². The first-order chi connectivity index (χ1) is 11.4. The highest BCUT2D eigenvalue weighted by atomic mass is 32.2. The molecule has 11 heteroatoms. The number of hydrogen-bond donors (Lipinski definition) is 3.